The predicted molar refractivity (Wildman–Crippen MR) is 58.7 cm³/mol. The number of rotatable bonds is 4. The van der Waals surface area contributed by atoms with Crippen molar-refractivity contribution in [1.82, 2.24) is 5.32 Å². The lowest BCUT2D eigenvalue weighted by Gasteiger charge is -2.17. The van der Waals surface area contributed by atoms with Crippen molar-refractivity contribution in [3.05, 3.63) is 12.2 Å². The normalized spacial score (nSPS) is 32.1. The highest BCUT2D eigenvalue weighted by atomic mass is 16.4. The highest BCUT2D eigenvalue weighted by Gasteiger charge is 2.48. The summed E-state index contributed by atoms with van der Waals surface area (Å²) in [5.41, 5.74) is 0. The lowest BCUT2D eigenvalue weighted by molar-refractivity contribution is -0.140. The number of amides is 1. The molecule has 0 saturated heterocycles. The van der Waals surface area contributed by atoms with E-state index in [1.54, 1.807) is 0 Å². The Hall–Kier alpha value is -1.32. The number of allylic oxidation sites excluding steroid dienone is 2. The smallest absolute Gasteiger partial charge is 0.307 e. The van der Waals surface area contributed by atoms with Crippen LogP contribution in [0.5, 0.6) is 0 Å². The van der Waals surface area contributed by atoms with E-state index in [2.05, 4.69) is 17.5 Å². The molecule has 0 aromatic heterocycles. The summed E-state index contributed by atoms with van der Waals surface area (Å²) in [7, 11) is 0. The lowest BCUT2D eigenvalue weighted by Crippen LogP contribution is -2.31. The van der Waals surface area contributed by atoms with E-state index >= 15 is 0 Å². The van der Waals surface area contributed by atoms with Gasteiger partial charge in [0.2, 0.25) is 5.91 Å². The van der Waals surface area contributed by atoms with Gasteiger partial charge < -0.3 is 10.4 Å². The van der Waals surface area contributed by atoms with Crippen LogP contribution in [0.2, 0.25) is 0 Å². The van der Waals surface area contributed by atoms with Crippen molar-refractivity contribution in [3.63, 3.8) is 0 Å². The van der Waals surface area contributed by atoms with Crippen LogP contribution >= 0.6 is 0 Å². The van der Waals surface area contributed by atoms with E-state index in [1.807, 2.05) is 0 Å². The standard InChI is InChI=1S/C12H17NO3/c14-11(9-6-10(9)12(15)16)13-7-8-4-2-1-3-5-8/h1-2,8-10H,3-7H2,(H,13,14)(H,15,16). The first kappa shape index (κ1) is 11.2. The Labute approximate surface area is 94.7 Å². The van der Waals surface area contributed by atoms with Gasteiger partial charge in [0.1, 0.15) is 0 Å². The molecule has 0 aromatic carbocycles. The number of nitrogens with one attached hydrogen (secondary N) is 1. The quantitative estimate of drug-likeness (QED) is 0.703. The van der Waals surface area contributed by atoms with Crippen LogP contribution in [-0.4, -0.2) is 23.5 Å². The average molecular weight is 223 g/mol. The van der Waals surface area contributed by atoms with E-state index in [-0.39, 0.29) is 11.8 Å². The molecule has 0 spiro atoms. The van der Waals surface area contributed by atoms with Gasteiger partial charge in [-0.25, -0.2) is 0 Å². The van der Waals surface area contributed by atoms with Gasteiger partial charge in [-0.1, -0.05) is 12.2 Å². The molecule has 2 rings (SSSR count). The molecule has 2 aliphatic rings. The molecule has 3 atom stereocenters. The average Bonchev–Trinajstić information content (AvgIpc) is 3.07. The van der Waals surface area contributed by atoms with Crippen molar-refractivity contribution in [2.24, 2.45) is 17.8 Å². The van der Waals surface area contributed by atoms with Crippen molar-refractivity contribution >= 4 is 11.9 Å². The number of carbonyl (C=O) groups is 2. The topological polar surface area (TPSA) is 66.4 Å². The van der Waals surface area contributed by atoms with Gasteiger partial charge in [-0.15, -0.1) is 0 Å². The van der Waals surface area contributed by atoms with Crippen LogP contribution in [-0.2, 0) is 9.59 Å². The summed E-state index contributed by atoms with van der Waals surface area (Å²) in [5, 5.41) is 11.6. The first-order chi connectivity index (χ1) is 7.68. The fourth-order valence-corrected chi connectivity index (χ4v) is 2.18. The van der Waals surface area contributed by atoms with E-state index in [0.29, 0.717) is 18.9 Å². The molecule has 2 aliphatic carbocycles. The van der Waals surface area contributed by atoms with Gasteiger partial charge in [-0.05, 0) is 31.6 Å². The van der Waals surface area contributed by atoms with Crippen LogP contribution in [0.1, 0.15) is 25.7 Å². The molecule has 1 fully saturated rings. The van der Waals surface area contributed by atoms with Crippen molar-refractivity contribution in [3.8, 4) is 0 Å². The molecular weight excluding hydrogens is 206 g/mol. The van der Waals surface area contributed by atoms with E-state index < -0.39 is 11.9 Å². The molecule has 1 saturated carbocycles. The minimum Gasteiger partial charge on any atom is -0.481 e. The summed E-state index contributed by atoms with van der Waals surface area (Å²) in [6.07, 6.45) is 8.04. The van der Waals surface area contributed by atoms with Crippen molar-refractivity contribution < 1.29 is 14.7 Å². The number of carbonyl (C=O) groups excluding carboxylic acids is 1. The summed E-state index contributed by atoms with van der Waals surface area (Å²) < 4.78 is 0. The summed E-state index contributed by atoms with van der Waals surface area (Å²) in [6.45, 7) is 0.687. The molecule has 3 unspecified atom stereocenters. The molecule has 4 nitrogen and oxygen atoms in total. The lowest BCUT2D eigenvalue weighted by atomic mass is 9.94. The van der Waals surface area contributed by atoms with E-state index in [4.69, 9.17) is 5.11 Å². The van der Waals surface area contributed by atoms with Gasteiger partial charge in [-0.2, -0.15) is 0 Å². The number of aliphatic carboxylic acids is 1. The van der Waals surface area contributed by atoms with Gasteiger partial charge >= 0.3 is 5.97 Å². The summed E-state index contributed by atoms with van der Waals surface area (Å²) in [6, 6.07) is 0. The summed E-state index contributed by atoms with van der Waals surface area (Å²) >= 11 is 0. The van der Waals surface area contributed by atoms with Crippen molar-refractivity contribution in [2.75, 3.05) is 6.54 Å². The molecule has 0 bridgehead atoms. The first-order valence-corrected chi connectivity index (χ1v) is 5.84. The highest BCUT2D eigenvalue weighted by molar-refractivity contribution is 5.89. The molecular formula is C12H17NO3. The van der Waals surface area contributed by atoms with Crippen LogP contribution in [0, 0.1) is 17.8 Å². The minimum atomic E-state index is -0.847. The Morgan fingerprint density at radius 3 is 2.69 bits per heavy atom. The van der Waals surface area contributed by atoms with Gasteiger partial charge in [0, 0.05) is 6.54 Å². The molecule has 2 N–H and O–H groups in total. The minimum absolute atomic E-state index is 0.0815. The maximum atomic E-state index is 11.6. The first-order valence-electron chi connectivity index (χ1n) is 5.84. The summed E-state index contributed by atoms with van der Waals surface area (Å²) in [5.74, 6) is -1.12. The largest absolute Gasteiger partial charge is 0.481 e. The Balaban J connectivity index is 1.69. The van der Waals surface area contributed by atoms with Gasteiger partial charge in [-0.3, -0.25) is 9.59 Å². The number of carboxylic acids is 1. The molecule has 0 radical (unpaired) electrons. The third-order valence-electron chi connectivity index (χ3n) is 3.39. The molecule has 1 amide bonds. The van der Waals surface area contributed by atoms with Crippen LogP contribution in [0.4, 0.5) is 0 Å². The van der Waals surface area contributed by atoms with Crippen molar-refractivity contribution in [2.45, 2.75) is 25.7 Å². The zero-order chi connectivity index (χ0) is 11.5. The Morgan fingerprint density at radius 1 is 1.31 bits per heavy atom. The Kier molecular flexibility index (Phi) is 3.27. The van der Waals surface area contributed by atoms with Crippen LogP contribution in [0.25, 0.3) is 0 Å². The van der Waals surface area contributed by atoms with Gasteiger partial charge in [0.15, 0.2) is 0 Å². The number of carboxylic acid groups (broad SMARTS) is 1. The van der Waals surface area contributed by atoms with Crippen molar-refractivity contribution in [1.29, 1.82) is 0 Å². The number of hydrogen-bond donors (Lipinski definition) is 2. The van der Waals surface area contributed by atoms with E-state index in [9.17, 15) is 9.59 Å². The zero-order valence-electron chi connectivity index (χ0n) is 9.19. The molecule has 0 heterocycles. The summed E-state index contributed by atoms with van der Waals surface area (Å²) in [4.78, 5) is 22.2. The second kappa shape index (κ2) is 4.68. The molecule has 88 valence electrons. The highest BCUT2D eigenvalue weighted by Crippen LogP contribution is 2.38. The molecule has 16 heavy (non-hydrogen) atoms. The van der Waals surface area contributed by atoms with E-state index in [0.717, 1.165) is 19.3 Å². The fourth-order valence-electron chi connectivity index (χ4n) is 2.18. The monoisotopic (exact) mass is 223 g/mol. The maximum absolute atomic E-state index is 11.6. The molecule has 4 heteroatoms. The zero-order valence-corrected chi connectivity index (χ0v) is 9.19. The third kappa shape index (κ3) is 2.62. The van der Waals surface area contributed by atoms with Gasteiger partial charge in [0.25, 0.3) is 0 Å². The van der Waals surface area contributed by atoms with Crippen LogP contribution < -0.4 is 5.32 Å². The maximum Gasteiger partial charge on any atom is 0.307 e. The fraction of sp³-hybridized carbons (Fsp3) is 0.667. The predicted octanol–water partition coefficient (Wildman–Crippen LogP) is 1.18. The SMILES string of the molecule is O=C(O)C1CC1C(=O)NCC1CC=CCC1. The van der Waals surface area contributed by atoms with Crippen LogP contribution in [0.3, 0.4) is 0 Å². The Bertz CT molecular complexity index is 324. The molecule has 0 aromatic rings. The van der Waals surface area contributed by atoms with E-state index in [1.165, 1.54) is 0 Å². The second-order valence-electron chi connectivity index (χ2n) is 4.68. The molecule has 0 aliphatic heterocycles. The Morgan fingerprint density at radius 2 is 2.12 bits per heavy atom. The van der Waals surface area contributed by atoms with Crippen LogP contribution in [0.15, 0.2) is 12.2 Å². The number of hydrogen-bond acceptors (Lipinski definition) is 2. The second-order valence-corrected chi connectivity index (χ2v) is 4.68. The van der Waals surface area contributed by atoms with Gasteiger partial charge in [0.05, 0.1) is 11.8 Å². The third-order valence-corrected chi connectivity index (χ3v) is 3.39.